The summed E-state index contributed by atoms with van der Waals surface area (Å²) in [4.78, 5) is 29.6. The van der Waals surface area contributed by atoms with Crippen LogP contribution in [0.2, 0.25) is 5.02 Å². The zero-order valence-electron chi connectivity index (χ0n) is 15.4. The average molecular weight is 404 g/mol. The van der Waals surface area contributed by atoms with Gasteiger partial charge in [-0.1, -0.05) is 17.7 Å². The molecule has 1 aromatic heterocycles. The highest BCUT2D eigenvalue weighted by Gasteiger charge is 2.22. The molecule has 0 aliphatic carbocycles. The third-order valence-corrected chi connectivity index (χ3v) is 4.76. The molecule has 8 heteroatoms. The van der Waals surface area contributed by atoms with Crippen LogP contribution in [0, 0.1) is 5.82 Å². The van der Waals surface area contributed by atoms with E-state index in [2.05, 4.69) is 4.98 Å². The molecular formula is C20H19ClFN3O3. The molecule has 0 radical (unpaired) electrons. The van der Waals surface area contributed by atoms with Crippen LogP contribution in [0.15, 0.2) is 42.7 Å². The number of imidazole rings is 1. The van der Waals surface area contributed by atoms with Crippen LogP contribution in [0.1, 0.15) is 35.8 Å². The van der Waals surface area contributed by atoms with Crippen molar-refractivity contribution in [3.63, 3.8) is 0 Å². The van der Waals surface area contributed by atoms with Gasteiger partial charge in [0, 0.05) is 22.2 Å². The standard InChI is InChI=1S/C20H19ClFN3O3/c1-12(2)25-11-23-17-8-13(6-7-18(17)25)20(28)24(10-19(26)27)9-14-15(21)4-3-5-16(14)22/h3-8,11-12H,9-10H2,1-2H3,(H,26,27). The maximum absolute atomic E-state index is 14.1. The van der Waals surface area contributed by atoms with E-state index in [-0.39, 0.29) is 28.7 Å². The number of nitrogens with zero attached hydrogens (tertiary/aromatic N) is 3. The second-order valence-electron chi connectivity index (χ2n) is 6.70. The van der Waals surface area contributed by atoms with E-state index >= 15 is 0 Å². The molecule has 0 saturated carbocycles. The molecule has 0 atom stereocenters. The van der Waals surface area contributed by atoms with Gasteiger partial charge >= 0.3 is 5.97 Å². The predicted molar refractivity (Wildman–Crippen MR) is 104 cm³/mol. The molecule has 3 aromatic rings. The summed E-state index contributed by atoms with van der Waals surface area (Å²) in [5, 5.41) is 9.33. The van der Waals surface area contributed by atoms with Crippen molar-refractivity contribution in [3.05, 3.63) is 64.7 Å². The summed E-state index contributed by atoms with van der Waals surface area (Å²) in [5.74, 6) is -2.34. The summed E-state index contributed by atoms with van der Waals surface area (Å²) in [6, 6.07) is 9.35. The molecule has 1 N–H and O–H groups in total. The van der Waals surface area contributed by atoms with Gasteiger partial charge in [-0.25, -0.2) is 9.37 Å². The Hall–Kier alpha value is -2.93. The number of fused-ring (bicyclic) bond motifs is 1. The fourth-order valence-corrected chi connectivity index (χ4v) is 3.22. The van der Waals surface area contributed by atoms with Crippen LogP contribution in [-0.2, 0) is 11.3 Å². The Morgan fingerprint density at radius 3 is 2.68 bits per heavy atom. The van der Waals surface area contributed by atoms with Crippen LogP contribution < -0.4 is 0 Å². The summed E-state index contributed by atoms with van der Waals surface area (Å²) >= 11 is 6.03. The molecular weight excluding hydrogens is 385 g/mol. The van der Waals surface area contributed by atoms with E-state index in [0.717, 1.165) is 10.4 Å². The molecule has 1 amide bonds. The van der Waals surface area contributed by atoms with Crippen molar-refractivity contribution >= 4 is 34.5 Å². The minimum absolute atomic E-state index is 0.0731. The van der Waals surface area contributed by atoms with Crippen molar-refractivity contribution in [2.45, 2.75) is 26.4 Å². The first-order chi connectivity index (χ1) is 13.3. The van der Waals surface area contributed by atoms with E-state index in [0.29, 0.717) is 5.52 Å². The van der Waals surface area contributed by atoms with Crippen LogP contribution in [0.3, 0.4) is 0 Å². The van der Waals surface area contributed by atoms with Crippen molar-refractivity contribution in [2.75, 3.05) is 6.54 Å². The fraction of sp³-hybridized carbons (Fsp3) is 0.250. The minimum atomic E-state index is -1.20. The number of hydrogen-bond acceptors (Lipinski definition) is 3. The van der Waals surface area contributed by atoms with Crippen molar-refractivity contribution in [2.24, 2.45) is 0 Å². The number of carbonyl (C=O) groups excluding carboxylic acids is 1. The lowest BCUT2D eigenvalue weighted by Crippen LogP contribution is -2.35. The zero-order chi connectivity index (χ0) is 20.4. The topological polar surface area (TPSA) is 75.4 Å². The molecule has 0 spiro atoms. The van der Waals surface area contributed by atoms with E-state index in [4.69, 9.17) is 11.6 Å². The predicted octanol–water partition coefficient (Wildman–Crippen LogP) is 4.14. The number of amides is 1. The monoisotopic (exact) mass is 403 g/mol. The van der Waals surface area contributed by atoms with Crippen LogP contribution in [0.4, 0.5) is 4.39 Å². The molecule has 146 valence electrons. The first-order valence-electron chi connectivity index (χ1n) is 8.68. The van der Waals surface area contributed by atoms with Gasteiger partial charge in [-0.2, -0.15) is 0 Å². The Morgan fingerprint density at radius 1 is 1.29 bits per heavy atom. The average Bonchev–Trinajstić information content (AvgIpc) is 3.06. The van der Waals surface area contributed by atoms with E-state index in [1.54, 1.807) is 24.5 Å². The molecule has 3 rings (SSSR count). The van der Waals surface area contributed by atoms with E-state index < -0.39 is 24.2 Å². The molecule has 0 unspecified atom stereocenters. The normalized spacial score (nSPS) is 11.2. The Bertz CT molecular complexity index is 1030. The number of halogens is 2. The van der Waals surface area contributed by atoms with E-state index in [9.17, 15) is 19.1 Å². The Morgan fingerprint density at radius 2 is 2.04 bits per heavy atom. The number of aliphatic carboxylic acids is 1. The number of benzene rings is 2. The third kappa shape index (κ3) is 3.99. The Balaban J connectivity index is 1.95. The van der Waals surface area contributed by atoms with Gasteiger partial charge in [-0.05, 0) is 44.2 Å². The Labute approximate surface area is 166 Å². The SMILES string of the molecule is CC(C)n1cnc2cc(C(=O)N(CC(=O)O)Cc3c(F)cccc3Cl)ccc21. The lowest BCUT2D eigenvalue weighted by atomic mass is 10.1. The van der Waals surface area contributed by atoms with Gasteiger partial charge in [0.2, 0.25) is 0 Å². The fourth-order valence-electron chi connectivity index (χ4n) is 3.00. The number of carboxylic acids is 1. The van der Waals surface area contributed by atoms with Crippen LogP contribution >= 0.6 is 11.6 Å². The van der Waals surface area contributed by atoms with Gasteiger partial charge in [0.1, 0.15) is 12.4 Å². The third-order valence-electron chi connectivity index (χ3n) is 4.40. The number of carboxylic acid groups (broad SMARTS) is 1. The lowest BCUT2D eigenvalue weighted by Gasteiger charge is -2.22. The highest BCUT2D eigenvalue weighted by Crippen LogP contribution is 2.23. The van der Waals surface area contributed by atoms with Gasteiger partial charge in [0.25, 0.3) is 5.91 Å². The molecule has 1 heterocycles. The van der Waals surface area contributed by atoms with Gasteiger partial charge in [-0.15, -0.1) is 0 Å². The second-order valence-corrected chi connectivity index (χ2v) is 7.11. The highest BCUT2D eigenvalue weighted by molar-refractivity contribution is 6.31. The first kappa shape index (κ1) is 19.8. The molecule has 0 aliphatic rings. The smallest absolute Gasteiger partial charge is 0.323 e. The van der Waals surface area contributed by atoms with Crippen LogP contribution in [0.25, 0.3) is 11.0 Å². The molecule has 0 saturated heterocycles. The number of hydrogen-bond donors (Lipinski definition) is 1. The number of rotatable bonds is 6. The molecule has 0 aliphatic heterocycles. The summed E-state index contributed by atoms with van der Waals surface area (Å²) in [6.07, 6.45) is 1.69. The molecule has 6 nitrogen and oxygen atoms in total. The van der Waals surface area contributed by atoms with Crippen molar-refractivity contribution < 1.29 is 19.1 Å². The van der Waals surface area contributed by atoms with Crippen molar-refractivity contribution in [1.29, 1.82) is 0 Å². The van der Waals surface area contributed by atoms with Crippen LogP contribution in [-0.4, -0.2) is 38.0 Å². The number of aromatic nitrogens is 2. The highest BCUT2D eigenvalue weighted by atomic mass is 35.5. The molecule has 28 heavy (non-hydrogen) atoms. The summed E-state index contributed by atoms with van der Waals surface area (Å²) in [6.45, 7) is 3.21. The van der Waals surface area contributed by atoms with Crippen molar-refractivity contribution in [1.82, 2.24) is 14.5 Å². The molecule has 0 fully saturated rings. The summed E-state index contributed by atoms with van der Waals surface area (Å²) < 4.78 is 16.1. The van der Waals surface area contributed by atoms with E-state index in [1.807, 2.05) is 18.4 Å². The maximum Gasteiger partial charge on any atom is 0.323 e. The lowest BCUT2D eigenvalue weighted by molar-refractivity contribution is -0.137. The summed E-state index contributed by atoms with van der Waals surface area (Å²) in [5.41, 5.74) is 1.84. The molecule has 2 aromatic carbocycles. The van der Waals surface area contributed by atoms with E-state index in [1.165, 1.54) is 18.2 Å². The minimum Gasteiger partial charge on any atom is -0.480 e. The van der Waals surface area contributed by atoms with Gasteiger partial charge in [0.05, 0.1) is 23.9 Å². The maximum atomic E-state index is 14.1. The second kappa shape index (κ2) is 7.98. The van der Waals surface area contributed by atoms with Gasteiger partial charge in [0.15, 0.2) is 0 Å². The summed E-state index contributed by atoms with van der Waals surface area (Å²) in [7, 11) is 0. The van der Waals surface area contributed by atoms with Crippen LogP contribution in [0.5, 0.6) is 0 Å². The van der Waals surface area contributed by atoms with Gasteiger partial charge in [-0.3, -0.25) is 9.59 Å². The number of carbonyl (C=O) groups is 2. The molecule has 0 bridgehead atoms. The first-order valence-corrected chi connectivity index (χ1v) is 9.06. The Kier molecular flexibility index (Phi) is 5.65. The van der Waals surface area contributed by atoms with Crippen molar-refractivity contribution in [3.8, 4) is 0 Å². The quantitative estimate of drug-likeness (QED) is 0.671. The largest absolute Gasteiger partial charge is 0.480 e. The zero-order valence-corrected chi connectivity index (χ0v) is 16.2. The van der Waals surface area contributed by atoms with Gasteiger partial charge < -0.3 is 14.6 Å².